The van der Waals surface area contributed by atoms with Gasteiger partial charge in [0.2, 0.25) is 0 Å². The molecule has 0 bridgehead atoms. The van der Waals surface area contributed by atoms with Crippen molar-refractivity contribution in [1.82, 2.24) is 9.38 Å². The van der Waals surface area contributed by atoms with Crippen LogP contribution in [0.4, 0.5) is 11.5 Å². The first-order chi connectivity index (χ1) is 10.1. The molecule has 0 fully saturated rings. The van der Waals surface area contributed by atoms with Crippen molar-refractivity contribution in [3.05, 3.63) is 59.4 Å². The van der Waals surface area contributed by atoms with Gasteiger partial charge in [-0.2, -0.15) is 0 Å². The SMILES string of the molecule is Cc1ccc(N(C)c2nc3ccccn3c2CN)c(C)c1. The molecule has 4 nitrogen and oxygen atoms in total. The summed E-state index contributed by atoms with van der Waals surface area (Å²) in [5.74, 6) is 0.913. The molecule has 0 spiro atoms. The molecule has 0 saturated heterocycles. The normalized spacial score (nSPS) is 11.0. The Bertz CT molecular complexity index is 789. The van der Waals surface area contributed by atoms with E-state index < -0.39 is 0 Å². The lowest BCUT2D eigenvalue weighted by Crippen LogP contribution is -2.15. The predicted octanol–water partition coefficient (Wildman–Crippen LogP) is 3.18. The van der Waals surface area contributed by atoms with E-state index in [-0.39, 0.29) is 0 Å². The molecule has 0 radical (unpaired) electrons. The average molecular weight is 280 g/mol. The largest absolute Gasteiger partial charge is 0.328 e. The average Bonchev–Trinajstić information content (AvgIpc) is 2.85. The fourth-order valence-corrected chi connectivity index (χ4v) is 2.79. The number of nitrogens with zero attached hydrogens (tertiary/aromatic N) is 3. The smallest absolute Gasteiger partial charge is 0.156 e. The number of anilines is 2. The number of hydrogen-bond donors (Lipinski definition) is 1. The van der Waals surface area contributed by atoms with Crippen LogP contribution in [0.1, 0.15) is 16.8 Å². The number of aryl methyl sites for hydroxylation is 2. The lowest BCUT2D eigenvalue weighted by Gasteiger charge is -2.20. The van der Waals surface area contributed by atoms with E-state index in [4.69, 9.17) is 10.7 Å². The van der Waals surface area contributed by atoms with Gasteiger partial charge in [-0.3, -0.25) is 0 Å². The second kappa shape index (κ2) is 5.22. The summed E-state index contributed by atoms with van der Waals surface area (Å²) in [6.07, 6.45) is 2.00. The van der Waals surface area contributed by atoms with Gasteiger partial charge in [0.1, 0.15) is 5.65 Å². The van der Waals surface area contributed by atoms with Crippen LogP contribution >= 0.6 is 0 Å². The summed E-state index contributed by atoms with van der Waals surface area (Å²) in [7, 11) is 2.04. The number of fused-ring (bicyclic) bond motifs is 1. The first kappa shape index (κ1) is 13.6. The number of pyridine rings is 1. The van der Waals surface area contributed by atoms with E-state index in [1.807, 2.05) is 31.4 Å². The van der Waals surface area contributed by atoms with Gasteiger partial charge in [0.25, 0.3) is 0 Å². The Labute approximate surface area is 124 Å². The maximum atomic E-state index is 5.95. The zero-order valence-corrected chi connectivity index (χ0v) is 12.7. The zero-order valence-electron chi connectivity index (χ0n) is 12.7. The van der Waals surface area contributed by atoms with Crippen molar-refractivity contribution in [2.45, 2.75) is 20.4 Å². The van der Waals surface area contributed by atoms with Gasteiger partial charge in [0.05, 0.1) is 5.69 Å². The Kier molecular flexibility index (Phi) is 3.39. The van der Waals surface area contributed by atoms with Crippen LogP contribution in [0.5, 0.6) is 0 Å². The second-order valence-corrected chi connectivity index (χ2v) is 5.36. The van der Waals surface area contributed by atoms with Crippen molar-refractivity contribution in [3.8, 4) is 0 Å². The molecule has 21 heavy (non-hydrogen) atoms. The monoisotopic (exact) mass is 280 g/mol. The topological polar surface area (TPSA) is 46.6 Å². The van der Waals surface area contributed by atoms with Gasteiger partial charge >= 0.3 is 0 Å². The van der Waals surface area contributed by atoms with Crippen LogP contribution in [-0.2, 0) is 6.54 Å². The van der Waals surface area contributed by atoms with Gasteiger partial charge < -0.3 is 15.0 Å². The van der Waals surface area contributed by atoms with E-state index in [1.54, 1.807) is 0 Å². The third-order valence-electron chi connectivity index (χ3n) is 3.83. The number of nitrogens with two attached hydrogens (primary N) is 1. The maximum absolute atomic E-state index is 5.95. The van der Waals surface area contributed by atoms with E-state index in [2.05, 4.69) is 41.3 Å². The third-order valence-corrected chi connectivity index (χ3v) is 3.83. The molecule has 1 aromatic carbocycles. The van der Waals surface area contributed by atoms with Crippen LogP contribution in [-0.4, -0.2) is 16.4 Å². The summed E-state index contributed by atoms with van der Waals surface area (Å²) >= 11 is 0. The Morgan fingerprint density at radius 1 is 1.19 bits per heavy atom. The second-order valence-electron chi connectivity index (χ2n) is 5.36. The minimum Gasteiger partial charge on any atom is -0.328 e. The summed E-state index contributed by atoms with van der Waals surface area (Å²) in [6, 6.07) is 12.4. The van der Waals surface area contributed by atoms with E-state index >= 15 is 0 Å². The van der Waals surface area contributed by atoms with E-state index in [0.29, 0.717) is 6.54 Å². The quantitative estimate of drug-likeness (QED) is 0.801. The molecule has 2 N–H and O–H groups in total. The minimum absolute atomic E-state index is 0.454. The number of aromatic nitrogens is 2. The molecular formula is C17H20N4. The van der Waals surface area contributed by atoms with Gasteiger partial charge in [-0.05, 0) is 37.6 Å². The van der Waals surface area contributed by atoms with Crippen molar-refractivity contribution >= 4 is 17.2 Å². The van der Waals surface area contributed by atoms with Crippen molar-refractivity contribution in [3.63, 3.8) is 0 Å². The van der Waals surface area contributed by atoms with Crippen LogP contribution in [0.3, 0.4) is 0 Å². The highest BCUT2D eigenvalue weighted by atomic mass is 15.2. The van der Waals surface area contributed by atoms with Crippen LogP contribution in [0.2, 0.25) is 0 Å². The molecule has 3 aromatic rings. The maximum Gasteiger partial charge on any atom is 0.156 e. The van der Waals surface area contributed by atoms with Crippen molar-refractivity contribution in [2.75, 3.05) is 11.9 Å². The summed E-state index contributed by atoms with van der Waals surface area (Å²) < 4.78 is 2.05. The summed E-state index contributed by atoms with van der Waals surface area (Å²) in [4.78, 5) is 6.85. The fourth-order valence-electron chi connectivity index (χ4n) is 2.79. The summed E-state index contributed by atoms with van der Waals surface area (Å²) in [5.41, 5.74) is 11.5. The minimum atomic E-state index is 0.454. The van der Waals surface area contributed by atoms with Gasteiger partial charge in [-0.1, -0.05) is 23.8 Å². The van der Waals surface area contributed by atoms with E-state index in [0.717, 1.165) is 22.8 Å². The van der Waals surface area contributed by atoms with Gasteiger partial charge in [0, 0.05) is 25.5 Å². The van der Waals surface area contributed by atoms with Crippen LogP contribution in [0.15, 0.2) is 42.6 Å². The number of hydrogen-bond acceptors (Lipinski definition) is 3. The molecule has 0 amide bonds. The lowest BCUT2D eigenvalue weighted by atomic mass is 10.1. The van der Waals surface area contributed by atoms with Gasteiger partial charge in [0.15, 0.2) is 5.82 Å². The molecule has 108 valence electrons. The molecule has 0 saturated carbocycles. The molecule has 3 rings (SSSR count). The van der Waals surface area contributed by atoms with Gasteiger partial charge in [-0.15, -0.1) is 0 Å². The lowest BCUT2D eigenvalue weighted by molar-refractivity contribution is 0.948. The Hall–Kier alpha value is -2.33. The highest BCUT2D eigenvalue weighted by Gasteiger charge is 2.16. The first-order valence-corrected chi connectivity index (χ1v) is 7.09. The summed E-state index contributed by atoms with van der Waals surface area (Å²) in [5, 5.41) is 0. The molecular weight excluding hydrogens is 260 g/mol. The van der Waals surface area contributed by atoms with E-state index in [1.165, 1.54) is 11.1 Å². The third kappa shape index (κ3) is 2.28. The zero-order chi connectivity index (χ0) is 15.0. The van der Waals surface area contributed by atoms with E-state index in [9.17, 15) is 0 Å². The molecule has 4 heteroatoms. The Morgan fingerprint density at radius 2 is 2.00 bits per heavy atom. The fraction of sp³-hybridized carbons (Fsp3) is 0.235. The predicted molar refractivity (Wildman–Crippen MR) is 87.1 cm³/mol. The van der Waals surface area contributed by atoms with Crippen LogP contribution < -0.4 is 10.6 Å². The molecule has 2 heterocycles. The highest BCUT2D eigenvalue weighted by molar-refractivity contribution is 5.68. The van der Waals surface area contributed by atoms with Crippen LogP contribution in [0, 0.1) is 13.8 Å². The molecule has 0 atom stereocenters. The molecule has 0 aliphatic heterocycles. The first-order valence-electron chi connectivity index (χ1n) is 7.09. The highest BCUT2D eigenvalue weighted by Crippen LogP contribution is 2.29. The Morgan fingerprint density at radius 3 is 2.71 bits per heavy atom. The van der Waals surface area contributed by atoms with Crippen molar-refractivity contribution in [1.29, 1.82) is 0 Å². The number of benzene rings is 1. The molecule has 0 aliphatic rings. The Balaban J connectivity index is 2.15. The number of imidazole rings is 1. The van der Waals surface area contributed by atoms with Crippen molar-refractivity contribution in [2.24, 2.45) is 5.73 Å². The van der Waals surface area contributed by atoms with Crippen LogP contribution in [0.25, 0.3) is 5.65 Å². The summed E-state index contributed by atoms with van der Waals surface area (Å²) in [6.45, 7) is 4.68. The molecule has 2 aromatic heterocycles. The molecule has 0 aliphatic carbocycles. The van der Waals surface area contributed by atoms with Crippen molar-refractivity contribution < 1.29 is 0 Å². The standard InChI is InChI=1S/C17H20N4/c1-12-7-8-14(13(2)10-12)20(3)17-15(11-18)21-9-5-4-6-16(21)19-17/h4-10H,11,18H2,1-3H3. The van der Waals surface area contributed by atoms with Gasteiger partial charge in [-0.25, -0.2) is 4.98 Å². The number of rotatable bonds is 3. The molecule has 0 unspecified atom stereocenters.